The molecule has 9 heteroatoms. The van der Waals surface area contributed by atoms with E-state index < -0.39 is 10.0 Å². The SMILES string of the molecule is CNS(=O)(=O)c1cc(C(=O)NCCCCCC(=O)OC)n(C)c1. The van der Waals surface area contributed by atoms with Crippen LogP contribution in [0.1, 0.15) is 36.2 Å². The highest BCUT2D eigenvalue weighted by Gasteiger charge is 2.18. The van der Waals surface area contributed by atoms with Crippen molar-refractivity contribution in [2.75, 3.05) is 20.7 Å². The number of nitrogens with zero attached hydrogens (tertiary/aromatic N) is 1. The normalized spacial score (nSPS) is 11.3. The monoisotopic (exact) mass is 345 g/mol. The maximum atomic E-state index is 12.1. The van der Waals surface area contributed by atoms with Crippen molar-refractivity contribution in [2.45, 2.75) is 30.6 Å². The largest absolute Gasteiger partial charge is 0.469 e. The predicted molar refractivity (Wildman–Crippen MR) is 84.5 cm³/mol. The maximum absolute atomic E-state index is 12.1. The minimum absolute atomic E-state index is 0.0470. The highest BCUT2D eigenvalue weighted by atomic mass is 32.2. The van der Waals surface area contributed by atoms with Crippen molar-refractivity contribution in [2.24, 2.45) is 7.05 Å². The number of nitrogens with one attached hydrogen (secondary N) is 2. The standard InChI is InChI=1S/C14H23N3O5S/c1-15-23(20,21)11-9-12(17(2)10-11)14(19)16-8-6-4-5-7-13(18)22-3/h9-10,15H,4-8H2,1-3H3,(H,16,19). The Bertz CT molecular complexity index is 651. The fourth-order valence-corrected chi connectivity index (χ4v) is 2.79. The second-order valence-corrected chi connectivity index (χ2v) is 6.91. The summed E-state index contributed by atoms with van der Waals surface area (Å²) in [5.74, 6) is -0.575. The summed E-state index contributed by atoms with van der Waals surface area (Å²) in [4.78, 5) is 23.0. The van der Waals surface area contributed by atoms with Gasteiger partial charge in [-0.25, -0.2) is 13.1 Å². The molecule has 23 heavy (non-hydrogen) atoms. The van der Waals surface area contributed by atoms with Gasteiger partial charge in [-0.05, 0) is 26.0 Å². The molecule has 0 aliphatic carbocycles. The summed E-state index contributed by atoms with van der Waals surface area (Å²) in [5, 5.41) is 2.73. The molecule has 1 rings (SSSR count). The van der Waals surface area contributed by atoms with E-state index in [1.165, 1.54) is 31.0 Å². The number of ether oxygens (including phenoxy) is 1. The molecule has 0 unspecified atom stereocenters. The van der Waals surface area contributed by atoms with Gasteiger partial charge in [0.2, 0.25) is 10.0 Å². The van der Waals surface area contributed by atoms with Crippen LogP contribution in [0.2, 0.25) is 0 Å². The number of carbonyl (C=O) groups excluding carboxylic acids is 2. The summed E-state index contributed by atoms with van der Waals surface area (Å²) >= 11 is 0. The number of unbranched alkanes of at least 4 members (excludes halogenated alkanes) is 2. The second-order valence-electron chi connectivity index (χ2n) is 5.02. The van der Waals surface area contributed by atoms with E-state index in [9.17, 15) is 18.0 Å². The Labute approximate surface area is 136 Å². The molecule has 8 nitrogen and oxygen atoms in total. The summed E-state index contributed by atoms with van der Waals surface area (Å²) in [7, 11) is 0.708. The molecule has 0 spiro atoms. The van der Waals surface area contributed by atoms with Gasteiger partial charge in [0.15, 0.2) is 0 Å². The van der Waals surface area contributed by atoms with E-state index in [-0.39, 0.29) is 22.5 Å². The average molecular weight is 345 g/mol. The predicted octanol–water partition coefficient (Wildman–Crippen LogP) is 0.396. The number of methoxy groups -OCH3 is 1. The number of esters is 1. The van der Waals surface area contributed by atoms with Crippen molar-refractivity contribution in [1.29, 1.82) is 0 Å². The lowest BCUT2D eigenvalue weighted by atomic mass is 10.2. The minimum atomic E-state index is -3.57. The Morgan fingerprint density at radius 2 is 1.96 bits per heavy atom. The van der Waals surface area contributed by atoms with Gasteiger partial charge in [0.05, 0.1) is 7.11 Å². The van der Waals surface area contributed by atoms with Crippen molar-refractivity contribution >= 4 is 21.9 Å². The van der Waals surface area contributed by atoms with Crippen molar-refractivity contribution in [1.82, 2.24) is 14.6 Å². The average Bonchev–Trinajstić information content (AvgIpc) is 2.92. The highest BCUT2D eigenvalue weighted by molar-refractivity contribution is 7.89. The van der Waals surface area contributed by atoms with Crippen LogP contribution in [0, 0.1) is 0 Å². The van der Waals surface area contributed by atoms with Crippen molar-refractivity contribution < 1.29 is 22.7 Å². The summed E-state index contributed by atoms with van der Waals surface area (Å²) in [6, 6.07) is 1.33. The molecule has 0 aliphatic rings. The Kier molecular flexibility index (Phi) is 7.24. The smallest absolute Gasteiger partial charge is 0.305 e. The van der Waals surface area contributed by atoms with E-state index in [2.05, 4.69) is 14.8 Å². The van der Waals surface area contributed by atoms with Gasteiger partial charge in [-0.3, -0.25) is 9.59 Å². The first-order chi connectivity index (χ1) is 10.8. The first-order valence-corrected chi connectivity index (χ1v) is 8.75. The van der Waals surface area contributed by atoms with Crippen LogP contribution in [0.5, 0.6) is 0 Å². The molecule has 130 valence electrons. The third-order valence-electron chi connectivity index (χ3n) is 3.36. The Morgan fingerprint density at radius 3 is 2.57 bits per heavy atom. The van der Waals surface area contributed by atoms with Gasteiger partial charge in [0, 0.05) is 26.2 Å². The molecule has 0 radical (unpaired) electrons. The van der Waals surface area contributed by atoms with Gasteiger partial charge in [0.25, 0.3) is 5.91 Å². The van der Waals surface area contributed by atoms with Crippen LogP contribution < -0.4 is 10.0 Å². The molecule has 1 amide bonds. The van der Waals surface area contributed by atoms with Crippen molar-refractivity contribution in [3.8, 4) is 0 Å². The molecule has 0 bridgehead atoms. The zero-order valence-electron chi connectivity index (χ0n) is 13.6. The van der Waals surface area contributed by atoms with Crippen LogP contribution >= 0.6 is 0 Å². The van der Waals surface area contributed by atoms with E-state index in [0.29, 0.717) is 19.4 Å². The molecule has 0 saturated carbocycles. The number of hydrogen-bond donors (Lipinski definition) is 2. The van der Waals surface area contributed by atoms with E-state index in [1.54, 1.807) is 7.05 Å². The quantitative estimate of drug-likeness (QED) is 0.498. The fraction of sp³-hybridized carbons (Fsp3) is 0.571. The minimum Gasteiger partial charge on any atom is -0.469 e. The van der Waals surface area contributed by atoms with Crippen LogP contribution in [-0.4, -0.2) is 45.6 Å². The summed E-state index contributed by atoms with van der Waals surface area (Å²) in [6.07, 6.45) is 3.98. The molecule has 0 aliphatic heterocycles. The van der Waals surface area contributed by atoms with E-state index in [0.717, 1.165) is 12.8 Å². The third kappa shape index (κ3) is 5.68. The number of hydrogen-bond acceptors (Lipinski definition) is 5. The number of rotatable bonds is 9. The number of aromatic nitrogens is 1. The molecule has 0 atom stereocenters. The van der Waals surface area contributed by atoms with Crippen LogP contribution in [-0.2, 0) is 26.6 Å². The number of carbonyl (C=O) groups is 2. The summed E-state index contributed by atoms with van der Waals surface area (Å²) in [6.45, 7) is 0.458. The van der Waals surface area contributed by atoms with Crippen molar-refractivity contribution in [3.63, 3.8) is 0 Å². The number of amides is 1. The number of sulfonamides is 1. The van der Waals surface area contributed by atoms with Gasteiger partial charge in [-0.1, -0.05) is 6.42 Å². The molecule has 1 aromatic heterocycles. The van der Waals surface area contributed by atoms with Gasteiger partial charge in [-0.15, -0.1) is 0 Å². The second kappa shape index (κ2) is 8.68. The van der Waals surface area contributed by atoms with Crippen LogP contribution in [0.3, 0.4) is 0 Å². The van der Waals surface area contributed by atoms with E-state index in [1.807, 2.05) is 0 Å². The first-order valence-electron chi connectivity index (χ1n) is 7.26. The zero-order valence-corrected chi connectivity index (χ0v) is 14.4. The lowest BCUT2D eigenvalue weighted by Crippen LogP contribution is -2.26. The molecular formula is C14H23N3O5S. The van der Waals surface area contributed by atoms with E-state index in [4.69, 9.17) is 0 Å². The Morgan fingerprint density at radius 1 is 1.26 bits per heavy atom. The van der Waals surface area contributed by atoms with Gasteiger partial charge < -0.3 is 14.6 Å². The fourth-order valence-electron chi connectivity index (χ4n) is 1.99. The van der Waals surface area contributed by atoms with Gasteiger partial charge in [0.1, 0.15) is 10.6 Å². The highest BCUT2D eigenvalue weighted by Crippen LogP contribution is 2.13. The van der Waals surface area contributed by atoms with Crippen LogP contribution in [0.15, 0.2) is 17.2 Å². The number of aryl methyl sites for hydroxylation is 1. The molecule has 0 aromatic carbocycles. The van der Waals surface area contributed by atoms with Gasteiger partial charge in [-0.2, -0.15) is 0 Å². The topological polar surface area (TPSA) is 106 Å². The third-order valence-corrected chi connectivity index (χ3v) is 4.74. The van der Waals surface area contributed by atoms with E-state index >= 15 is 0 Å². The zero-order chi connectivity index (χ0) is 17.5. The van der Waals surface area contributed by atoms with Gasteiger partial charge >= 0.3 is 5.97 Å². The molecular weight excluding hydrogens is 322 g/mol. The summed E-state index contributed by atoms with van der Waals surface area (Å²) in [5.41, 5.74) is 0.272. The lowest BCUT2D eigenvalue weighted by molar-refractivity contribution is -0.140. The molecule has 2 N–H and O–H groups in total. The van der Waals surface area contributed by atoms with Crippen LogP contribution in [0.4, 0.5) is 0 Å². The maximum Gasteiger partial charge on any atom is 0.305 e. The lowest BCUT2D eigenvalue weighted by Gasteiger charge is -2.05. The molecule has 0 fully saturated rings. The Hall–Kier alpha value is -1.87. The molecule has 0 saturated heterocycles. The van der Waals surface area contributed by atoms with Crippen molar-refractivity contribution in [3.05, 3.63) is 18.0 Å². The first kappa shape index (κ1) is 19.2. The summed E-state index contributed by atoms with van der Waals surface area (Å²) < 4.78 is 31.6. The molecule has 1 heterocycles. The van der Waals surface area contributed by atoms with Crippen LogP contribution in [0.25, 0.3) is 0 Å². The Balaban J connectivity index is 2.46. The molecule has 1 aromatic rings.